The van der Waals surface area contributed by atoms with E-state index in [-0.39, 0.29) is 57.6 Å². The molecule has 31 heavy (non-hydrogen) atoms. The molecule has 0 aliphatic heterocycles. The van der Waals surface area contributed by atoms with E-state index in [2.05, 4.69) is 34.9 Å². The Bertz CT molecular complexity index is 884. The number of aliphatic carboxylic acids is 1. The minimum absolute atomic E-state index is 0.0131. The molecule has 0 heterocycles. The van der Waals surface area contributed by atoms with Crippen molar-refractivity contribution in [3.05, 3.63) is 59.7 Å². The van der Waals surface area contributed by atoms with E-state index in [4.69, 9.17) is 14.6 Å². The van der Waals surface area contributed by atoms with E-state index >= 15 is 0 Å². The Labute approximate surface area is 180 Å². The van der Waals surface area contributed by atoms with Crippen LogP contribution in [0.1, 0.15) is 29.9 Å². The highest BCUT2D eigenvalue weighted by molar-refractivity contribution is 5.80. The minimum atomic E-state index is -1.01. The molecule has 0 fully saturated rings. The molecule has 164 valence electrons. The molecule has 0 saturated heterocycles. The number of carboxylic acid groups (broad SMARTS) is 1. The predicted octanol–water partition coefficient (Wildman–Crippen LogP) is 2.52. The van der Waals surface area contributed by atoms with Crippen LogP contribution in [-0.2, 0) is 19.1 Å². The summed E-state index contributed by atoms with van der Waals surface area (Å²) < 4.78 is 10.8. The van der Waals surface area contributed by atoms with E-state index in [1.54, 1.807) is 0 Å². The first kappa shape index (κ1) is 22.3. The number of fused-ring (bicyclic) bond motifs is 3. The first-order valence-corrected chi connectivity index (χ1v) is 10.2. The molecule has 0 spiro atoms. The topological polar surface area (TPSA) is 114 Å². The van der Waals surface area contributed by atoms with Gasteiger partial charge in [0.05, 0.1) is 19.6 Å². The van der Waals surface area contributed by atoms with Crippen LogP contribution in [0.5, 0.6) is 0 Å². The fourth-order valence-corrected chi connectivity index (χ4v) is 3.55. The van der Waals surface area contributed by atoms with Crippen molar-refractivity contribution < 1.29 is 29.0 Å². The zero-order valence-corrected chi connectivity index (χ0v) is 17.1. The molecule has 3 N–H and O–H groups in total. The number of nitrogens with one attached hydrogen (secondary N) is 2. The van der Waals surface area contributed by atoms with E-state index in [9.17, 15) is 14.4 Å². The Kier molecular flexibility index (Phi) is 8.00. The highest BCUT2D eigenvalue weighted by atomic mass is 16.5. The van der Waals surface area contributed by atoms with Gasteiger partial charge in [0.25, 0.3) is 0 Å². The number of carbonyl (C=O) groups is 3. The maximum atomic E-state index is 12.0. The summed E-state index contributed by atoms with van der Waals surface area (Å²) in [5.74, 6) is -1.33. The Balaban J connectivity index is 1.32. The van der Waals surface area contributed by atoms with Crippen molar-refractivity contribution in [3.8, 4) is 11.1 Å². The third-order valence-electron chi connectivity index (χ3n) is 4.99. The first-order chi connectivity index (χ1) is 15.1. The summed E-state index contributed by atoms with van der Waals surface area (Å²) >= 11 is 0. The van der Waals surface area contributed by atoms with E-state index < -0.39 is 12.1 Å². The van der Waals surface area contributed by atoms with E-state index in [0.29, 0.717) is 0 Å². The highest BCUT2D eigenvalue weighted by Crippen LogP contribution is 2.44. The maximum Gasteiger partial charge on any atom is 0.407 e. The molecule has 8 nitrogen and oxygen atoms in total. The zero-order chi connectivity index (χ0) is 22.1. The Hall–Kier alpha value is -3.39. The molecule has 8 heteroatoms. The van der Waals surface area contributed by atoms with Gasteiger partial charge < -0.3 is 25.2 Å². The molecule has 0 aromatic heterocycles. The van der Waals surface area contributed by atoms with Crippen LogP contribution in [0.15, 0.2) is 48.5 Å². The number of amides is 2. The normalized spacial score (nSPS) is 12.0. The second kappa shape index (κ2) is 11.1. The molecule has 2 aromatic rings. The van der Waals surface area contributed by atoms with Crippen molar-refractivity contribution in [1.29, 1.82) is 0 Å². The summed E-state index contributed by atoms with van der Waals surface area (Å²) in [6.45, 7) is 1.36. The Morgan fingerprint density at radius 1 is 0.839 bits per heavy atom. The van der Waals surface area contributed by atoms with Crippen LogP contribution in [0, 0.1) is 0 Å². The van der Waals surface area contributed by atoms with Gasteiger partial charge in [-0.1, -0.05) is 48.5 Å². The van der Waals surface area contributed by atoms with E-state index in [0.717, 1.165) is 11.1 Å². The lowest BCUT2D eigenvalue weighted by Crippen LogP contribution is -2.31. The lowest BCUT2D eigenvalue weighted by Gasteiger charge is -2.14. The molecule has 2 aromatic carbocycles. The van der Waals surface area contributed by atoms with Gasteiger partial charge in [-0.3, -0.25) is 9.59 Å². The zero-order valence-electron chi connectivity index (χ0n) is 17.1. The monoisotopic (exact) mass is 426 g/mol. The van der Waals surface area contributed by atoms with Gasteiger partial charge in [0, 0.05) is 25.4 Å². The first-order valence-electron chi connectivity index (χ1n) is 10.2. The summed E-state index contributed by atoms with van der Waals surface area (Å²) in [5.41, 5.74) is 4.67. The van der Waals surface area contributed by atoms with Gasteiger partial charge in [-0.05, 0) is 22.3 Å². The minimum Gasteiger partial charge on any atom is -0.481 e. The molecule has 0 atom stereocenters. The van der Waals surface area contributed by atoms with E-state index in [1.807, 2.05) is 24.3 Å². The number of carbonyl (C=O) groups excluding carboxylic acids is 2. The number of hydrogen-bond acceptors (Lipinski definition) is 5. The van der Waals surface area contributed by atoms with Gasteiger partial charge in [0.15, 0.2) is 0 Å². The SMILES string of the molecule is O=C(O)CCC(=O)NCCOCCNC(=O)OCC1c2ccccc2-c2ccccc21. The summed E-state index contributed by atoms with van der Waals surface area (Å²) in [7, 11) is 0. The lowest BCUT2D eigenvalue weighted by molar-refractivity contribution is -0.138. The van der Waals surface area contributed by atoms with Crippen molar-refractivity contribution in [2.24, 2.45) is 0 Å². The average Bonchev–Trinajstić information content (AvgIpc) is 3.09. The summed E-state index contributed by atoms with van der Waals surface area (Å²) in [4.78, 5) is 33.8. The standard InChI is InChI=1S/C23H26N2O6/c26-21(9-10-22(27)28)24-11-13-30-14-12-25-23(29)31-15-20-18-7-3-1-5-16(18)17-6-2-4-8-19(17)20/h1-8,20H,9-15H2,(H,24,26)(H,25,29)(H,27,28). The second-order valence-electron chi connectivity index (χ2n) is 7.11. The van der Waals surface area contributed by atoms with Gasteiger partial charge in [0.2, 0.25) is 5.91 Å². The van der Waals surface area contributed by atoms with Gasteiger partial charge in [-0.2, -0.15) is 0 Å². The highest BCUT2D eigenvalue weighted by Gasteiger charge is 2.28. The number of carboxylic acids is 1. The number of rotatable bonds is 11. The van der Waals surface area contributed by atoms with Crippen molar-refractivity contribution >= 4 is 18.0 Å². The maximum absolute atomic E-state index is 12.0. The lowest BCUT2D eigenvalue weighted by atomic mass is 9.98. The number of alkyl carbamates (subject to hydrolysis) is 1. The van der Waals surface area contributed by atoms with Gasteiger partial charge in [0.1, 0.15) is 6.61 Å². The van der Waals surface area contributed by atoms with Gasteiger partial charge in [-0.15, -0.1) is 0 Å². The molecular weight excluding hydrogens is 400 g/mol. The number of ether oxygens (including phenoxy) is 2. The van der Waals surface area contributed by atoms with Crippen LogP contribution in [0.2, 0.25) is 0 Å². The largest absolute Gasteiger partial charge is 0.481 e. The summed E-state index contributed by atoms with van der Waals surface area (Å²) in [6, 6.07) is 16.3. The summed E-state index contributed by atoms with van der Waals surface area (Å²) in [6.07, 6.45) is -0.762. The third kappa shape index (κ3) is 6.29. The third-order valence-corrected chi connectivity index (χ3v) is 4.99. The van der Waals surface area contributed by atoms with Crippen LogP contribution in [0.3, 0.4) is 0 Å². The average molecular weight is 426 g/mol. The molecule has 0 radical (unpaired) electrons. The fourth-order valence-electron chi connectivity index (χ4n) is 3.55. The molecule has 3 rings (SSSR count). The van der Waals surface area contributed by atoms with Crippen LogP contribution < -0.4 is 10.6 Å². The van der Waals surface area contributed by atoms with Crippen molar-refractivity contribution in [1.82, 2.24) is 10.6 Å². The van der Waals surface area contributed by atoms with Crippen molar-refractivity contribution in [2.75, 3.05) is 32.9 Å². The summed E-state index contributed by atoms with van der Waals surface area (Å²) in [5, 5.41) is 13.7. The van der Waals surface area contributed by atoms with Crippen LogP contribution in [-0.4, -0.2) is 56.0 Å². The van der Waals surface area contributed by atoms with Gasteiger partial charge in [-0.25, -0.2) is 4.79 Å². The van der Waals surface area contributed by atoms with Crippen LogP contribution >= 0.6 is 0 Å². The molecule has 1 aliphatic rings. The molecule has 2 amide bonds. The second-order valence-corrected chi connectivity index (χ2v) is 7.11. The molecule has 0 saturated carbocycles. The molecule has 0 unspecified atom stereocenters. The Morgan fingerprint density at radius 3 is 2.03 bits per heavy atom. The van der Waals surface area contributed by atoms with Crippen LogP contribution in [0.4, 0.5) is 4.79 Å². The smallest absolute Gasteiger partial charge is 0.407 e. The fraction of sp³-hybridized carbons (Fsp3) is 0.348. The van der Waals surface area contributed by atoms with Gasteiger partial charge >= 0.3 is 12.1 Å². The number of hydrogen-bond donors (Lipinski definition) is 3. The van der Waals surface area contributed by atoms with Crippen molar-refractivity contribution in [3.63, 3.8) is 0 Å². The molecule has 1 aliphatic carbocycles. The number of benzene rings is 2. The van der Waals surface area contributed by atoms with E-state index in [1.165, 1.54) is 11.1 Å². The van der Waals surface area contributed by atoms with Crippen molar-refractivity contribution in [2.45, 2.75) is 18.8 Å². The Morgan fingerprint density at radius 2 is 1.42 bits per heavy atom. The quantitative estimate of drug-likeness (QED) is 0.476. The predicted molar refractivity (Wildman–Crippen MR) is 114 cm³/mol. The molecule has 0 bridgehead atoms. The molecular formula is C23H26N2O6. The van der Waals surface area contributed by atoms with Crippen LogP contribution in [0.25, 0.3) is 11.1 Å².